The maximum Gasteiger partial charge on any atom is 0.0459 e. The molecule has 1 aromatic heterocycles. The van der Waals surface area contributed by atoms with Crippen LogP contribution in [0, 0.1) is 0 Å². The molecule has 21 heavy (non-hydrogen) atoms. The van der Waals surface area contributed by atoms with Crippen LogP contribution in [0.4, 0.5) is 0 Å². The van der Waals surface area contributed by atoms with Crippen LogP contribution in [0.15, 0.2) is 54.6 Å². The number of nitrogens with one attached hydrogen (secondary N) is 1. The number of rotatable bonds is 6. The van der Waals surface area contributed by atoms with Crippen LogP contribution < -0.4 is 0 Å². The van der Waals surface area contributed by atoms with Crippen LogP contribution in [0.1, 0.15) is 43.0 Å². The van der Waals surface area contributed by atoms with Crippen LogP contribution in [-0.4, -0.2) is 4.98 Å². The van der Waals surface area contributed by atoms with Crippen molar-refractivity contribution in [3.8, 4) is 0 Å². The molecule has 3 rings (SSSR count). The minimum atomic E-state index is 0.997. The quantitative estimate of drug-likeness (QED) is 0.573. The van der Waals surface area contributed by atoms with E-state index in [2.05, 4.69) is 66.5 Å². The molecule has 0 saturated carbocycles. The molecule has 1 nitrogen and oxygen atoms in total. The van der Waals surface area contributed by atoms with Gasteiger partial charge in [-0.15, -0.1) is 0 Å². The first-order valence-electron chi connectivity index (χ1n) is 8.01. The lowest BCUT2D eigenvalue weighted by Crippen LogP contribution is -1.94. The third-order valence-electron chi connectivity index (χ3n) is 4.16. The van der Waals surface area contributed by atoms with Crippen molar-refractivity contribution in [1.82, 2.24) is 4.98 Å². The molecule has 0 aliphatic heterocycles. The van der Waals surface area contributed by atoms with Gasteiger partial charge in [0.05, 0.1) is 0 Å². The van der Waals surface area contributed by atoms with Gasteiger partial charge < -0.3 is 4.98 Å². The van der Waals surface area contributed by atoms with Crippen molar-refractivity contribution in [2.24, 2.45) is 0 Å². The van der Waals surface area contributed by atoms with E-state index >= 15 is 0 Å². The standard InChI is InChI=1S/C20H23N/c1-2-3-5-12-18-17-13-8-9-14-19(17)21-20(18)15-16-10-6-4-7-11-16/h4,6-11,13-14,21H,2-3,5,12,15H2,1H3. The Bertz CT molecular complexity index is 694. The van der Waals surface area contributed by atoms with Gasteiger partial charge >= 0.3 is 0 Å². The molecule has 0 amide bonds. The van der Waals surface area contributed by atoms with E-state index in [-0.39, 0.29) is 0 Å². The molecule has 0 bridgehead atoms. The maximum absolute atomic E-state index is 3.64. The number of benzene rings is 2. The highest BCUT2D eigenvalue weighted by molar-refractivity contribution is 5.84. The second-order valence-corrected chi connectivity index (χ2v) is 5.75. The van der Waals surface area contributed by atoms with Crippen molar-refractivity contribution in [1.29, 1.82) is 0 Å². The second kappa shape index (κ2) is 6.62. The first kappa shape index (κ1) is 13.9. The van der Waals surface area contributed by atoms with Gasteiger partial charge in [-0.05, 0) is 30.0 Å². The molecule has 108 valence electrons. The van der Waals surface area contributed by atoms with Gasteiger partial charge in [0.2, 0.25) is 0 Å². The molecule has 0 aliphatic rings. The largest absolute Gasteiger partial charge is 0.358 e. The van der Waals surface area contributed by atoms with Gasteiger partial charge in [0.1, 0.15) is 0 Å². The SMILES string of the molecule is CCCCCc1c(Cc2ccccc2)[nH]c2ccccc12. The van der Waals surface area contributed by atoms with Crippen molar-refractivity contribution in [2.75, 3.05) is 0 Å². The van der Waals surface area contributed by atoms with Gasteiger partial charge in [-0.3, -0.25) is 0 Å². The van der Waals surface area contributed by atoms with E-state index in [1.807, 2.05) is 0 Å². The van der Waals surface area contributed by atoms with Crippen LogP contribution in [0.2, 0.25) is 0 Å². The molecule has 0 aliphatic carbocycles. The summed E-state index contributed by atoms with van der Waals surface area (Å²) in [6.07, 6.45) is 6.04. The van der Waals surface area contributed by atoms with Crippen LogP contribution in [0.5, 0.6) is 0 Å². The zero-order valence-corrected chi connectivity index (χ0v) is 12.7. The number of para-hydroxylation sites is 1. The number of hydrogen-bond donors (Lipinski definition) is 1. The van der Waals surface area contributed by atoms with Crippen molar-refractivity contribution in [2.45, 2.75) is 39.0 Å². The third-order valence-corrected chi connectivity index (χ3v) is 4.16. The Morgan fingerprint density at radius 1 is 0.857 bits per heavy atom. The predicted octanol–water partition coefficient (Wildman–Crippen LogP) is 5.49. The van der Waals surface area contributed by atoms with Gasteiger partial charge in [-0.25, -0.2) is 0 Å². The van der Waals surface area contributed by atoms with Gasteiger partial charge in [0.25, 0.3) is 0 Å². The molecule has 0 atom stereocenters. The van der Waals surface area contributed by atoms with Crippen molar-refractivity contribution in [3.05, 3.63) is 71.4 Å². The lowest BCUT2D eigenvalue weighted by Gasteiger charge is -2.05. The van der Waals surface area contributed by atoms with Gasteiger partial charge in [0.15, 0.2) is 0 Å². The Kier molecular flexibility index (Phi) is 4.40. The molecule has 1 heterocycles. The summed E-state index contributed by atoms with van der Waals surface area (Å²) >= 11 is 0. The summed E-state index contributed by atoms with van der Waals surface area (Å²) in [6.45, 7) is 2.26. The van der Waals surface area contributed by atoms with Crippen LogP contribution in [-0.2, 0) is 12.8 Å². The van der Waals surface area contributed by atoms with Crippen molar-refractivity contribution < 1.29 is 0 Å². The monoisotopic (exact) mass is 277 g/mol. The zero-order chi connectivity index (χ0) is 14.5. The van der Waals surface area contributed by atoms with E-state index in [1.54, 1.807) is 0 Å². The number of unbranched alkanes of at least 4 members (excludes halogenated alkanes) is 2. The van der Waals surface area contributed by atoms with Gasteiger partial charge in [0, 0.05) is 23.0 Å². The number of aryl methyl sites for hydroxylation is 1. The Balaban J connectivity index is 1.94. The second-order valence-electron chi connectivity index (χ2n) is 5.75. The topological polar surface area (TPSA) is 15.8 Å². The lowest BCUT2D eigenvalue weighted by molar-refractivity contribution is 0.716. The summed E-state index contributed by atoms with van der Waals surface area (Å²) in [5.41, 5.74) is 5.55. The Labute approximate surface area is 127 Å². The van der Waals surface area contributed by atoms with Crippen LogP contribution in [0.3, 0.4) is 0 Å². The number of aromatic amines is 1. The minimum absolute atomic E-state index is 0.997. The van der Waals surface area contributed by atoms with Gasteiger partial charge in [-0.2, -0.15) is 0 Å². The predicted molar refractivity (Wildman–Crippen MR) is 90.8 cm³/mol. The summed E-state index contributed by atoms with van der Waals surface area (Å²) < 4.78 is 0. The van der Waals surface area contributed by atoms with E-state index in [9.17, 15) is 0 Å². The average Bonchev–Trinajstić information content (AvgIpc) is 2.86. The number of hydrogen-bond acceptors (Lipinski definition) is 0. The zero-order valence-electron chi connectivity index (χ0n) is 12.7. The molecule has 0 unspecified atom stereocenters. The summed E-state index contributed by atoms with van der Waals surface area (Å²) in [5, 5.41) is 1.40. The molecule has 1 N–H and O–H groups in total. The Hall–Kier alpha value is -2.02. The first-order valence-corrected chi connectivity index (χ1v) is 8.01. The summed E-state index contributed by atoms with van der Waals surface area (Å²) in [4.78, 5) is 3.64. The van der Waals surface area contributed by atoms with E-state index in [1.165, 1.54) is 53.4 Å². The average molecular weight is 277 g/mol. The minimum Gasteiger partial charge on any atom is -0.358 e. The molecule has 0 saturated heterocycles. The fourth-order valence-electron chi connectivity index (χ4n) is 3.04. The number of aromatic nitrogens is 1. The summed E-state index contributed by atoms with van der Waals surface area (Å²) in [5.74, 6) is 0. The summed E-state index contributed by atoms with van der Waals surface area (Å²) in [6, 6.07) is 19.4. The highest BCUT2D eigenvalue weighted by atomic mass is 14.7. The maximum atomic E-state index is 3.64. The highest BCUT2D eigenvalue weighted by Gasteiger charge is 2.11. The fraction of sp³-hybridized carbons (Fsp3) is 0.300. The van der Waals surface area contributed by atoms with E-state index in [4.69, 9.17) is 0 Å². The highest BCUT2D eigenvalue weighted by Crippen LogP contribution is 2.26. The molecule has 0 radical (unpaired) electrons. The Morgan fingerprint density at radius 3 is 2.43 bits per heavy atom. The third kappa shape index (κ3) is 3.18. The number of fused-ring (bicyclic) bond motifs is 1. The molecule has 0 spiro atoms. The molecule has 0 fully saturated rings. The molecule has 2 aromatic carbocycles. The molecular weight excluding hydrogens is 254 g/mol. The van der Waals surface area contributed by atoms with E-state index < -0.39 is 0 Å². The van der Waals surface area contributed by atoms with Crippen LogP contribution >= 0.6 is 0 Å². The molecule has 3 aromatic rings. The van der Waals surface area contributed by atoms with Crippen molar-refractivity contribution in [3.63, 3.8) is 0 Å². The molecule has 1 heteroatoms. The van der Waals surface area contributed by atoms with Gasteiger partial charge in [-0.1, -0.05) is 68.3 Å². The van der Waals surface area contributed by atoms with E-state index in [0.717, 1.165) is 6.42 Å². The Morgan fingerprint density at radius 2 is 1.62 bits per heavy atom. The lowest BCUT2D eigenvalue weighted by atomic mass is 10.00. The fourth-order valence-corrected chi connectivity index (χ4v) is 3.04. The smallest absolute Gasteiger partial charge is 0.0459 e. The van der Waals surface area contributed by atoms with Crippen molar-refractivity contribution >= 4 is 10.9 Å². The normalized spacial score (nSPS) is 11.1. The van der Waals surface area contributed by atoms with Crippen LogP contribution in [0.25, 0.3) is 10.9 Å². The molecular formula is C20H23N. The summed E-state index contributed by atoms with van der Waals surface area (Å²) in [7, 11) is 0. The first-order chi connectivity index (χ1) is 10.4. The van der Waals surface area contributed by atoms with E-state index in [0.29, 0.717) is 0 Å². The number of H-pyrrole nitrogens is 1.